The first kappa shape index (κ1) is 23.9. The zero-order chi connectivity index (χ0) is 22.0. The summed E-state index contributed by atoms with van der Waals surface area (Å²) >= 11 is 6.39. The second-order valence-electron chi connectivity index (χ2n) is 6.70. The van der Waals surface area contributed by atoms with E-state index >= 15 is 0 Å². The second kappa shape index (κ2) is 9.82. The molecular weight excluding hydrogens is 470 g/mol. The molecule has 1 atom stereocenters. The predicted octanol–water partition coefficient (Wildman–Crippen LogP) is 3.45. The van der Waals surface area contributed by atoms with Crippen molar-refractivity contribution in [3.63, 3.8) is 0 Å². The van der Waals surface area contributed by atoms with Crippen LogP contribution < -0.4 is 11.1 Å². The van der Waals surface area contributed by atoms with Crippen LogP contribution in [-0.4, -0.2) is 45.3 Å². The first-order valence-corrected chi connectivity index (χ1v) is 9.59. The highest BCUT2D eigenvalue weighted by atomic mass is 35.5. The molecule has 1 fully saturated rings. The highest BCUT2D eigenvalue weighted by Crippen LogP contribution is 2.30. The van der Waals surface area contributed by atoms with Crippen LogP contribution in [0.1, 0.15) is 22.9 Å². The van der Waals surface area contributed by atoms with Crippen LogP contribution in [0.5, 0.6) is 0 Å². The van der Waals surface area contributed by atoms with Crippen molar-refractivity contribution in [2.75, 3.05) is 19.7 Å². The minimum atomic E-state index is -4.61. The fraction of sp³-hybridized carbons (Fsp3) is 0.263. The molecule has 8 nitrogen and oxygen atoms in total. The van der Waals surface area contributed by atoms with Crippen molar-refractivity contribution in [3.05, 3.63) is 64.8 Å². The van der Waals surface area contributed by atoms with E-state index < -0.39 is 11.9 Å². The smallest absolute Gasteiger partial charge is 0.383 e. The largest absolute Gasteiger partial charge is 0.434 e. The van der Waals surface area contributed by atoms with Gasteiger partial charge in [0.25, 0.3) is 0 Å². The zero-order valence-corrected chi connectivity index (χ0v) is 18.0. The van der Waals surface area contributed by atoms with Gasteiger partial charge in [0.1, 0.15) is 5.84 Å². The van der Waals surface area contributed by atoms with Crippen LogP contribution in [0.2, 0.25) is 5.02 Å². The van der Waals surface area contributed by atoms with Gasteiger partial charge < -0.3 is 15.8 Å². The molecule has 0 bridgehead atoms. The summed E-state index contributed by atoms with van der Waals surface area (Å²) in [5.41, 5.74) is 6.70. The summed E-state index contributed by atoms with van der Waals surface area (Å²) in [5, 5.41) is 7.74. The molecule has 3 aromatic rings. The van der Waals surface area contributed by atoms with E-state index in [4.69, 9.17) is 22.1 Å². The molecule has 3 N–H and O–H groups in total. The Morgan fingerprint density at radius 3 is 2.78 bits per heavy atom. The Morgan fingerprint density at radius 1 is 1.28 bits per heavy atom. The number of rotatable bonds is 4. The molecule has 4 rings (SSSR count). The topological polar surface area (TPSA) is 103 Å². The van der Waals surface area contributed by atoms with Gasteiger partial charge in [-0.25, -0.2) is 14.7 Å². The van der Waals surface area contributed by atoms with Crippen LogP contribution >= 0.6 is 24.0 Å². The molecular formula is C19H18Cl2F3N7O. The number of nitrogens with one attached hydrogen (secondary N) is 1. The van der Waals surface area contributed by atoms with Gasteiger partial charge in [0.05, 0.1) is 42.6 Å². The van der Waals surface area contributed by atoms with Crippen LogP contribution in [-0.2, 0) is 10.9 Å². The summed E-state index contributed by atoms with van der Waals surface area (Å²) in [6.07, 6.45) is -0.142. The van der Waals surface area contributed by atoms with E-state index in [1.807, 2.05) is 6.07 Å². The van der Waals surface area contributed by atoms with Gasteiger partial charge in [-0.05, 0) is 12.1 Å². The van der Waals surface area contributed by atoms with E-state index in [0.717, 1.165) is 16.8 Å². The molecule has 3 heterocycles. The van der Waals surface area contributed by atoms with Crippen LogP contribution in [0.15, 0.2) is 48.0 Å². The number of aliphatic imine (C=N–C) groups is 1. The lowest BCUT2D eigenvalue weighted by Crippen LogP contribution is -2.33. The normalized spacial score (nSPS) is 17.1. The standard InChI is InChI=1S/C19H17ClF3N7O.ClH/c20-14-5-12(1-2-13(14)15-7-25-3-4-31-15)28-18(24)11-6-27-30(10-11)17-9-26-8-16(29-17)19(21,22)23;/h1-2,5-6,8-10,15,25H,3-4,7H2,(H2,24,28);1H/t15-;/m1./s1. The predicted molar refractivity (Wildman–Crippen MR) is 115 cm³/mol. The molecule has 170 valence electrons. The first-order chi connectivity index (χ1) is 14.8. The molecule has 32 heavy (non-hydrogen) atoms. The number of hydrogen-bond acceptors (Lipinski definition) is 6. The van der Waals surface area contributed by atoms with Crippen molar-refractivity contribution >= 4 is 35.5 Å². The third-order valence-corrected chi connectivity index (χ3v) is 4.86. The summed E-state index contributed by atoms with van der Waals surface area (Å²) in [4.78, 5) is 11.4. The number of halogens is 5. The lowest BCUT2D eigenvalue weighted by atomic mass is 10.1. The quantitative estimate of drug-likeness (QED) is 0.431. The minimum absolute atomic E-state index is 0. The Morgan fingerprint density at radius 2 is 2.09 bits per heavy atom. The van der Waals surface area contributed by atoms with E-state index in [2.05, 4.69) is 25.4 Å². The Kier molecular flexibility index (Phi) is 7.34. The summed E-state index contributed by atoms with van der Waals surface area (Å²) in [7, 11) is 0. The maximum absolute atomic E-state index is 12.8. The average Bonchev–Trinajstić information content (AvgIpc) is 3.25. The molecule has 0 spiro atoms. The van der Waals surface area contributed by atoms with Gasteiger partial charge in [0.2, 0.25) is 0 Å². The second-order valence-corrected chi connectivity index (χ2v) is 7.11. The highest BCUT2D eigenvalue weighted by Gasteiger charge is 2.33. The van der Waals surface area contributed by atoms with Crippen molar-refractivity contribution in [3.8, 4) is 5.82 Å². The SMILES string of the molecule is Cl.NC(=Nc1ccc([C@H]2CNCCO2)c(Cl)c1)c1cnn(-c2cncc(C(F)(F)F)n2)c1. The third-order valence-electron chi connectivity index (χ3n) is 4.53. The fourth-order valence-corrected chi connectivity index (χ4v) is 3.30. The van der Waals surface area contributed by atoms with Crippen LogP contribution in [0.3, 0.4) is 0 Å². The Balaban J connectivity index is 0.00000289. The minimum Gasteiger partial charge on any atom is -0.383 e. The van der Waals surface area contributed by atoms with Crippen molar-refractivity contribution in [1.29, 1.82) is 0 Å². The van der Waals surface area contributed by atoms with Crippen molar-refractivity contribution < 1.29 is 17.9 Å². The number of nitrogens with zero attached hydrogens (tertiary/aromatic N) is 5. The number of morpholine rings is 1. The molecule has 0 amide bonds. The van der Waals surface area contributed by atoms with Gasteiger partial charge in [-0.2, -0.15) is 18.3 Å². The molecule has 13 heteroatoms. The molecule has 1 aliphatic rings. The van der Waals surface area contributed by atoms with E-state index in [-0.39, 0.29) is 30.2 Å². The molecule has 2 aromatic heterocycles. The van der Waals surface area contributed by atoms with E-state index in [0.29, 0.717) is 35.6 Å². The molecule has 0 unspecified atom stereocenters. The number of alkyl halides is 3. The van der Waals surface area contributed by atoms with E-state index in [1.54, 1.807) is 12.1 Å². The maximum Gasteiger partial charge on any atom is 0.434 e. The van der Waals surface area contributed by atoms with Crippen molar-refractivity contribution in [2.45, 2.75) is 12.3 Å². The fourth-order valence-electron chi connectivity index (χ4n) is 3.00. The maximum atomic E-state index is 12.8. The zero-order valence-electron chi connectivity index (χ0n) is 16.4. The van der Waals surface area contributed by atoms with Gasteiger partial charge in [0.15, 0.2) is 11.5 Å². The van der Waals surface area contributed by atoms with Crippen LogP contribution in [0.25, 0.3) is 5.82 Å². The first-order valence-electron chi connectivity index (χ1n) is 9.22. The third kappa shape index (κ3) is 5.36. The molecule has 1 saturated heterocycles. The van der Waals surface area contributed by atoms with Gasteiger partial charge in [-0.15, -0.1) is 12.4 Å². The lowest BCUT2D eigenvalue weighted by molar-refractivity contribution is -0.141. The number of hydrogen-bond donors (Lipinski definition) is 2. The van der Waals surface area contributed by atoms with Crippen molar-refractivity contribution in [1.82, 2.24) is 25.1 Å². The Bertz CT molecular complexity index is 1110. The highest BCUT2D eigenvalue weighted by molar-refractivity contribution is 6.31. The number of nitrogens with two attached hydrogens (primary N) is 1. The summed E-state index contributed by atoms with van der Waals surface area (Å²) < 4.78 is 45.4. The molecule has 0 radical (unpaired) electrons. The lowest BCUT2D eigenvalue weighted by Gasteiger charge is -2.24. The summed E-state index contributed by atoms with van der Waals surface area (Å²) in [5.74, 6) is 0.0212. The van der Waals surface area contributed by atoms with Gasteiger partial charge >= 0.3 is 6.18 Å². The summed E-state index contributed by atoms with van der Waals surface area (Å²) in [6, 6.07) is 5.26. The van der Waals surface area contributed by atoms with Crippen molar-refractivity contribution in [2.24, 2.45) is 10.7 Å². The molecule has 0 aliphatic carbocycles. The molecule has 1 aliphatic heterocycles. The monoisotopic (exact) mass is 487 g/mol. The van der Waals surface area contributed by atoms with Gasteiger partial charge in [-0.1, -0.05) is 17.7 Å². The molecule has 1 aromatic carbocycles. The summed E-state index contributed by atoms with van der Waals surface area (Å²) in [6.45, 7) is 2.07. The number of amidine groups is 1. The Labute approximate surface area is 192 Å². The van der Waals surface area contributed by atoms with E-state index in [9.17, 15) is 13.2 Å². The van der Waals surface area contributed by atoms with Crippen LogP contribution in [0.4, 0.5) is 18.9 Å². The number of benzene rings is 1. The Hall–Kier alpha value is -2.73. The van der Waals surface area contributed by atoms with Gasteiger partial charge in [-0.3, -0.25) is 4.98 Å². The number of ether oxygens (including phenoxy) is 1. The van der Waals surface area contributed by atoms with E-state index in [1.165, 1.54) is 18.6 Å². The number of aromatic nitrogens is 4. The van der Waals surface area contributed by atoms with Gasteiger partial charge in [0, 0.05) is 29.9 Å². The molecule has 0 saturated carbocycles. The van der Waals surface area contributed by atoms with Crippen LogP contribution in [0, 0.1) is 0 Å². The average molecular weight is 488 g/mol.